The Hall–Kier alpha value is -1.22. The summed E-state index contributed by atoms with van der Waals surface area (Å²) in [7, 11) is 1.59. The number of aromatic hydroxyl groups is 1. The van der Waals surface area contributed by atoms with Gasteiger partial charge in [-0.05, 0) is 25.1 Å². The predicted octanol–water partition coefficient (Wildman–Crippen LogP) is 1.94. The number of rotatable bonds is 4. The lowest BCUT2D eigenvalue weighted by molar-refractivity contribution is 0.181. The highest BCUT2D eigenvalue weighted by molar-refractivity contribution is 5.38. The molecule has 0 aromatic heterocycles. The monoisotopic (exact) mass is 182 g/mol. The van der Waals surface area contributed by atoms with Gasteiger partial charge in [0.2, 0.25) is 0 Å². The second kappa shape index (κ2) is 4.72. The van der Waals surface area contributed by atoms with Crippen molar-refractivity contribution in [2.24, 2.45) is 0 Å². The molecule has 0 unspecified atom stereocenters. The fraction of sp³-hybridized carbons (Fsp3) is 0.400. The number of phenols is 1. The Kier molecular flexibility index (Phi) is 3.58. The minimum Gasteiger partial charge on any atom is -0.508 e. The molecule has 0 aliphatic carbocycles. The molecule has 0 aliphatic heterocycles. The molecule has 13 heavy (non-hydrogen) atoms. The summed E-state index contributed by atoms with van der Waals surface area (Å²) in [6.07, 6.45) is 0. The summed E-state index contributed by atoms with van der Waals surface area (Å²) in [4.78, 5) is 0. The normalized spacial score (nSPS) is 10.0. The number of ether oxygens (including phenoxy) is 2. The fourth-order valence-corrected chi connectivity index (χ4v) is 1.09. The molecule has 0 heterocycles. The molecule has 0 fully saturated rings. The van der Waals surface area contributed by atoms with Crippen LogP contribution in [0.2, 0.25) is 0 Å². The Morgan fingerprint density at radius 1 is 1.38 bits per heavy atom. The van der Waals surface area contributed by atoms with Crippen LogP contribution in [0.4, 0.5) is 0 Å². The van der Waals surface area contributed by atoms with E-state index in [1.54, 1.807) is 25.3 Å². The van der Waals surface area contributed by atoms with Crippen molar-refractivity contribution < 1.29 is 14.6 Å². The standard InChI is InChI=1S/C10H14O3/c1-3-13-9-4-5-10(11)8(6-9)7-12-2/h4-6,11H,3,7H2,1-2H3. The summed E-state index contributed by atoms with van der Waals surface area (Å²) in [5.41, 5.74) is 0.744. The lowest BCUT2D eigenvalue weighted by atomic mass is 10.2. The first-order valence-electron chi connectivity index (χ1n) is 4.21. The lowest BCUT2D eigenvalue weighted by Gasteiger charge is -2.07. The van der Waals surface area contributed by atoms with E-state index in [9.17, 15) is 5.11 Å². The molecule has 0 saturated heterocycles. The van der Waals surface area contributed by atoms with Gasteiger partial charge in [0, 0.05) is 12.7 Å². The molecule has 0 radical (unpaired) electrons. The van der Waals surface area contributed by atoms with Crippen LogP contribution in [0.25, 0.3) is 0 Å². The Balaban J connectivity index is 2.83. The minimum atomic E-state index is 0.241. The van der Waals surface area contributed by atoms with Crippen LogP contribution in [0.5, 0.6) is 11.5 Å². The van der Waals surface area contributed by atoms with Gasteiger partial charge in [0.25, 0.3) is 0 Å². The van der Waals surface area contributed by atoms with Crippen molar-refractivity contribution in [1.29, 1.82) is 0 Å². The number of methoxy groups -OCH3 is 1. The second-order valence-corrected chi connectivity index (χ2v) is 2.66. The Morgan fingerprint density at radius 2 is 2.15 bits per heavy atom. The highest BCUT2D eigenvalue weighted by Gasteiger charge is 2.02. The van der Waals surface area contributed by atoms with E-state index in [1.807, 2.05) is 6.92 Å². The molecule has 0 atom stereocenters. The molecule has 0 amide bonds. The van der Waals surface area contributed by atoms with Gasteiger partial charge in [-0.1, -0.05) is 0 Å². The minimum absolute atomic E-state index is 0.241. The maximum Gasteiger partial charge on any atom is 0.121 e. The van der Waals surface area contributed by atoms with E-state index < -0.39 is 0 Å². The molecule has 3 nitrogen and oxygen atoms in total. The smallest absolute Gasteiger partial charge is 0.121 e. The molecular formula is C10H14O3. The summed E-state index contributed by atoms with van der Waals surface area (Å²) < 4.78 is 10.2. The van der Waals surface area contributed by atoms with E-state index in [-0.39, 0.29) is 5.75 Å². The highest BCUT2D eigenvalue weighted by atomic mass is 16.5. The van der Waals surface area contributed by atoms with Gasteiger partial charge in [-0.3, -0.25) is 0 Å². The van der Waals surface area contributed by atoms with Crippen LogP contribution in [-0.2, 0) is 11.3 Å². The van der Waals surface area contributed by atoms with Crippen molar-refractivity contribution in [3.63, 3.8) is 0 Å². The Labute approximate surface area is 77.9 Å². The molecule has 1 rings (SSSR count). The van der Waals surface area contributed by atoms with Gasteiger partial charge in [-0.25, -0.2) is 0 Å². The zero-order valence-electron chi connectivity index (χ0n) is 7.91. The SMILES string of the molecule is CCOc1ccc(O)c(COC)c1. The summed E-state index contributed by atoms with van der Waals surface area (Å²) in [5.74, 6) is 0.998. The van der Waals surface area contributed by atoms with Crippen LogP contribution in [-0.4, -0.2) is 18.8 Å². The Morgan fingerprint density at radius 3 is 2.77 bits per heavy atom. The average Bonchev–Trinajstić information content (AvgIpc) is 2.12. The lowest BCUT2D eigenvalue weighted by Crippen LogP contribution is -1.94. The summed E-state index contributed by atoms with van der Waals surface area (Å²) in [6, 6.07) is 5.12. The fourth-order valence-electron chi connectivity index (χ4n) is 1.09. The molecule has 0 saturated carbocycles. The van der Waals surface area contributed by atoms with Gasteiger partial charge < -0.3 is 14.6 Å². The van der Waals surface area contributed by atoms with Gasteiger partial charge in [-0.15, -0.1) is 0 Å². The van der Waals surface area contributed by atoms with Crippen molar-refractivity contribution in [1.82, 2.24) is 0 Å². The second-order valence-electron chi connectivity index (χ2n) is 2.66. The average molecular weight is 182 g/mol. The summed E-state index contributed by atoms with van der Waals surface area (Å²) in [5, 5.41) is 9.40. The van der Waals surface area contributed by atoms with E-state index in [4.69, 9.17) is 9.47 Å². The molecule has 0 bridgehead atoms. The van der Waals surface area contributed by atoms with Crippen molar-refractivity contribution in [2.75, 3.05) is 13.7 Å². The molecular weight excluding hydrogens is 168 g/mol. The van der Waals surface area contributed by atoms with E-state index in [0.717, 1.165) is 11.3 Å². The first-order valence-corrected chi connectivity index (χ1v) is 4.21. The van der Waals surface area contributed by atoms with Crippen molar-refractivity contribution in [2.45, 2.75) is 13.5 Å². The molecule has 72 valence electrons. The van der Waals surface area contributed by atoms with Crippen LogP contribution in [0, 0.1) is 0 Å². The zero-order valence-corrected chi connectivity index (χ0v) is 7.91. The first-order chi connectivity index (χ1) is 6.27. The quantitative estimate of drug-likeness (QED) is 0.773. The van der Waals surface area contributed by atoms with Gasteiger partial charge >= 0.3 is 0 Å². The third-order valence-corrected chi connectivity index (χ3v) is 1.66. The van der Waals surface area contributed by atoms with Gasteiger partial charge in [0.1, 0.15) is 11.5 Å². The first kappa shape index (κ1) is 9.86. The summed E-state index contributed by atoms with van der Waals surface area (Å²) in [6.45, 7) is 2.94. The Bertz CT molecular complexity index is 271. The van der Waals surface area contributed by atoms with E-state index >= 15 is 0 Å². The molecule has 1 aromatic rings. The van der Waals surface area contributed by atoms with Crippen molar-refractivity contribution in [3.05, 3.63) is 23.8 Å². The van der Waals surface area contributed by atoms with Crippen LogP contribution >= 0.6 is 0 Å². The molecule has 3 heteroatoms. The number of benzene rings is 1. The zero-order chi connectivity index (χ0) is 9.68. The van der Waals surface area contributed by atoms with Gasteiger partial charge in [0.05, 0.1) is 13.2 Å². The largest absolute Gasteiger partial charge is 0.508 e. The van der Waals surface area contributed by atoms with Crippen LogP contribution in [0.3, 0.4) is 0 Å². The third kappa shape index (κ3) is 2.63. The van der Waals surface area contributed by atoms with E-state index in [0.29, 0.717) is 13.2 Å². The number of hydrogen-bond donors (Lipinski definition) is 1. The number of phenolic OH excluding ortho intramolecular Hbond substituents is 1. The third-order valence-electron chi connectivity index (χ3n) is 1.66. The molecule has 1 aromatic carbocycles. The van der Waals surface area contributed by atoms with Crippen LogP contribution in [0.15, 0.2) is 18.2 Å². The maximum absolute atomic E-state index is 9.40. The van der Waals surface area contributed by atoms with E-state index in [2.05, 4.69) is 0 Å². The summed E-state index contributed by atoms with van der Waals surface area (Å²) >= 11 is 0. The molecule has 0 spiro atoms. The predicted molar refractivity (Wildman–Crippen MR) is 50.0 cm³/mol. The number of hydrogen-bond acceptors (Lipinski definition) is 3. The molecule has 0 aliphatic rings. The van der Waals surface area contributed by atoms with Crippen LogP contribution in [0.1, 0.15) is 12.5 Å². The van der Waals surface area contributed by atoms with Crippen molar-refractivity contribution in [3.8, 4) is 11.5 Å². The van der Waals surface area contributed by atoms with E-state index in [1.165, 1.54) is 0 Å². The highest BCUT2D eigenvalue weighted by Crippen LogP contribution is 2.23. The topological polar surface area (TPSA) is 38.7 Å². The van der Waals surface area contributed by atoms with Crippen LogP contribution < -0.4 is 4.74 Å². The van der Waals surface area contributed by atoms with Gasteiger partial charge in [0.15, 0.2) is 0 Å². The molecule has 1 N–H and O–H groups in total. The maximum atomic E-state index is 9.40. The van der Waals surface area contributed by atoms with Gasteiger partial charge in [-0.2, -0.15) is 0 Å². The van der Waals surface area contributed by atoms with Crippen molar-refractivity contribution >= 4 is 0 Å².